The van der Waals surface area contributed by atoms with E-state index in [1.165, 1.54) is 0 Å². The molecular weight excluding hydrogens is 272 g/mol. The van der Waals surface area contributed by atoms with Gasteiger partial charge in [-0.15, -0.1) is 20.4 Å². The maximum Gasteiger partial charge on any atom is 0.196 e. The first-order chi connectivity index (χ1) is 10.9. The van der Waals surface area contributed by atoms with Crippen LogP contribution in [0.5, 0.6) is 0 Å². The monoisotopic (exact) mass is 286 g/mol. The van der Waals surface area contributed by atoms with Gasteiger partial charge in [-0.25, -0.2) is 0 Å². The molecule has 0 saturated carbocycles. The van der Waals surface area contributed by atoms with Gasteiger partial charge < -0.3 is 0 Å². The number of hydrogen-bond acceptors (Lipinski definition) is 4. The summed E-state index contributed by atoms with van der Waals surface area (Å²) in [6, 6.07) is 19.9. The zero-order chi connectivity index (χ0) is 15.0. The summed E-state index contributed by atoms with van der Waals surface area (Å²) in [5.74, 6) is 0.974. The van der Waals surface area contributed by atoms with Crippen molar-refractivity contribution in [1.29, 1.82) is 0 Å². The van der Waals surface area contributed by atoms with Crippen molar-refractivity contribution in [2.45, 2.75) is 0 Å². The van der Waals surface area contributed by atoms with Crippen molar-refractivity contribution in [3.05, 3.63) is 83.4 Å². The van der Waals surface area contributed by atoms with Gasteiger partial charge in [0.2, 0.25) is 0 Å². The summed E-state index contributed by atoms with van der Waals surface area (Å²) in [6.45, 7) is 0. The summed E-state index contributed by atoms with van der Waals surface area (Å²) in [7, 11) is 0. The number of hydrogen-bond donors (Lipinski definition) is 0. The summed E-state index contributed by atoms with van der Waals surface area (Å²) < 4.78 is 0. The van der Waals surface area contributed by atoms with E-state index < -0.39 is 0 Å². The fourth-order valence-electron chi connectivity index (χ4n) is 1.85. The van der Waals surface area contributed by atoms with E-state index >= 15 is 0 Å². The highest BCUT2D eigenvalue weighted by molar-refractivity contribution is 5.67. The lowest BCUT2D eigenvalue weighted by atomic mass is 10.2. The third kappa shape index (κ3) is 3.93. The second-order valence-corrected chi connectivity index (χ2v) is 4.60. The molecular formula is C18H14N4. The molecule has 0 saturated heterocycles. The molecule has 0 aliphatic rings. The van der Waals surface area contributed by atoms with Crippen LogP contribution in [0, 0.1) is 0 Å². The van der Waals surface area contributed by atoms with Gasteiger partial charge in [0.15, 0.2) is 11.6 Å². The van der Waals surface area contributed by atoms with Crippen molar-refractivity contribution in [2.24, 2.45) is 0 Å². The van der Waals surface area contributed by atoms with E-state index in [9.17, 15) is 0 Å². The van der Waals surface area contributed by atoms with Crippen molar-refractivity contribution < 1.29 is 0 Å². The molecule has 0 spiro atoms. The SMILES string of the molecule is C(=C\c1nnc(/C=C/c2ccccc2)nn1)/c1ccccc1. The molecule has 22 heavy (non-hydrogen) atoms. The van der Waals surface area contributed by atoms with Crippen LogP contribution in [0.4, 0.5) is 0 Å². The summed E-state index contributed by atoms with van der Waals surface area (Å²) in [5, 5.41) is 16.2. The van der Waals surface area contributed by atoms with E-state index in [0.29, 0.717) is 11.6 Å². The lowest BCUT2D eigenvalue weighted by Crippen LogP contribution is -1.98. The largest absolute Gasteiger partial charge is 0.196 e. The summed E-state index contributed by atoms with van der Waals surface area (Å²) in [5.41, 5.74) is 2.17. The minimum atomic E-state index is 0.487. The number of rotatable bonds is 4. The van der Waals surface area contributed by atoms with E-state index in [4.69, 9.17) is 0 Å². The molecule has 0 bridgehead atoms. The quantitative estimate of drug-likeness (QED) is 0.735. The third-order valence-corrected chi connectivity index (χ3v) is 2.96. The van der Waals surface area contributed by atoms with Gasteiger partial charge in [-0.2, -0.15) is 0 Å². The molecule has 1 heterocycles. The molecule has 0 unspecified atom stereocenters. The first-order valence-electron chi connectivity index (χ1n) is 6.94. The topological polar surface area (TPSA) is 51.6 Å². The first kappa shape index (κ1) is 13.8. The van der Waals surface area contributed by atoms with Crippen molar-refractivity contribution in [3.63, 3.8) is 0 Å². The molecule has 4 heteroatoms. The van der Waals surface area contributed by atoms with Crippen LogP contribution in [-0.4, -0.2) is 20.4 Å². The van der Waals surface area contributed by atoms with Gasteiger partial charge in [0.05, 0.1) is 0 Å². The Labute approximate surface area is 128 Å². The smallest absolute Gasteiger partial charge is 0.126 e. The fraction of sp³-hybridized carbons (Fsp3) is 0. The van der Waals surface area contributed by atoms with Gasteiger partial charge in [-0.3, -0.25) is 0 Å². The summed E-state index contributed by atoms with van der Waals surface area (Å²) in [6.07, 6.45) is 7.44. The zero-order valence-corrected chi connectivity index (χ0v) is 11.9. The minimum absolute atomic E-state index is 0.487. The van der Waals surface area contributed by atoms with Crippen LogP contribution in [-0.2, 0) is 0 Å². The van der Waals surface area contributed by atoms with Crippen LogP contribution >= 0.6 is 0 Å². The molecule has 3 aromatic rings. The van der Waals surface area contributed by atoms with E-state index in [0.717, 1.165) is 11.1 Å². The molecule has 2 aromatic carbocycles. The van der Waals surface area contributed by atoms with Crippen LogP contribution in [0.25, 0.3) is 24.3 Å². The molecule has 0 aliphatic heterocycles. The molecule has 0 fully saturated rings. The van der Waals surface area contributed by atoms with Crippen LogP contribution in [0.2, 0.25) is 0 Å². The van der Waals surface area contributed by atoms with E-state index in [1.54, 1.807) is 12.2 Å². The Hall–Kier alpha value is -3.14. The van der Waals surface area contributed by atoms with Gasteiger partial charge in [0.25, 0.3) is 0 Å². The van der Waals surface area contributed by atoms with Gasteiger partial charge in [0.1, 0.15) is 0 Å². The van der Waals surface area contributed by atoms with Gasteiger partial charge >= 0.3 is 0 Å². The van der Waals surface area contributed by atoms with E-state index in [-0.39, 0.29) is 0 Å². The van der Waals surface area contributed by atoms with Crippen molar-refractivity contribution in [3.8, 4) is 0 Å². The minimum Gasteiger partial charge on any atom is -0.126 e. The van der Waals surface area contributed by atoms with Crippen LogP contribution in [0.15, 0.2) is 60.7 Å². The molecule has 0 radical (unpaired) electrons. The standard InChI is InChI=1S/C18H14N4/c1-3-7-15(8-4-1)11-13-17-19-21-18(22-20-17)14-12-16-9-5-2-6-10-16/h1-14H/b13-11+,14-12+. The summed E-state index contributed by atoms with van der Waals surface area (Å²) >= 11 is 0. The number of aromatic nitrogens is 4. The normalized spacial score (nSPS) is 11.3. The maximum absolute atomic E-state index is 4.04. The highest BCUT2D eigenvalue weighted by atomic mass is 15.3. The number of nitrogens with zero attached hydrogens (tertiary/aromatic N) is 4. The predicted molar refractivity (Wildman–Crippen MR) is 88.4 cm³/mol. The molecule has 3 rings (SSSR count). The molecule has 0 N–H and O–H groups in total. The van der Waals surface area contributed by atoms with Gasteiger partial charge in [-0.05, 0) is 23.3 Å². The van der Waals surface area contributed by atoms with Crippen molar-refractivity contribution >= 4 is 24.3 Å². The highest BCUT2D eigenvalue weighted by Gasteiger charge is 1.95. The van der Waals surface area contributed by atoms with Crippen molar-refractivity contribution in [1.82, 2.24) is 20.4 Å². The van der Waals surface area contributed by atoms with Crippen molar-refractivity contribution in [2.75, 3.05) is 0 Å². The van der Waals surface area contributed by atoms with E-state index in [1.807, 2.05) is 72.8 Å². The second kappa shape index (κ2) is 7.04. The van der Waals surface area contributed by atoms with E-state index in [2.05, 4.69) is 20.4 Å². The molecule has 0 amide bonds. The third-order valence-electron chi connectivity index (χ3n) is 2.96. The fourth-order valence-corrected chi connectivity index (χ4v) is 1.85. The Bertz CT molecular complexity index is 695. The Morgan fingerprint density at radius 3 is 1.18 bits per heavy atom. The molecule has 0 atom stereocenters. The Kier molecular flexibility index (Phi) is 4.42. The average Bonchev–Trinajstić information content (AvgIpc) is 2.61. The zero-order valence-electron chi connectivity index (χ0n) is 11.9. The molecule has 0 aliphatic carbocycles. The van der Waals surface area contributed by atoms with Gasteiger partial charge in [-0.1, -0.05) is 72.8 Å². The molecule has 1 aromatic heterocycles. The number of benzene rings is 2. The lowest BCUT2D eigenvalue weighted by Gasteiger charge is -1.93. The maximum atomic E-state index is 4.04. The van der Waals surface area contributed by atoms with Crippen LogP contribution in [0.1, 0.15) is 22.8 Å². The molecule has 4 nitrogen and oxygen atoms in total. The summed E-state index contributed by atoms with van der Waals surface area (Å²) in [4.78, 5) is 0. The Balaban J connectivity index is 1.68. The van der Waals surface area contributed by atoms with Gasteiger partial charge in [0, 0.05) is 0 Å². The Morgan fingerprint density at radius 2 is 0.818 bits per heavy atom. The first-order valence-corrected chi connectivity index (χ1v) is 6.94. The predicted octanol–water partition coefficient (Wildman–Crippen LogP) is 3.61. The van der Waals surface area contributed by atoms with Crippen LogP contribution in [0.3, 0.4) is 0 Å². The lowest BCUT2D eigenvalue weighted by molar-refractivity contribution is 0.827. The second-order valence-electron chi connectivity index (χ2n) is 4.60. The molecule has 106 valence electrons. The Morgan fingerprint density at radius 1 is 0.455 bits per heavy atom. The average molecular weight is 286 g/mol. The highest BCUT2D eigenvalue weighted by Crippen LogP contribution is 2.05. The van der Waals surface area contributed by atoms with Crippen LogP contribution < -0.4 is 0 Å².